The van der Waals surface area contributed by atoms with E-state index in [0.29, 0.717) is 6.42 Å². The average molecular weight is 318 g/mol. The second-order valence-electron chi connectivity index (χ2n) is 6.25. The van der Waals surface area contributed by atoms with Crippen molar-refractivity contribution in [3.63, 3.8) is 0 Å². The summed E-state index contributed by atoms with van der Waals surface area (Å²) in [5, 5.41) is 14.7. The predicted molar refractivity (Wildman–Crippen MR) is 91.1 cm³/mol. The molecule has 6 heteroatoms. The Hall–Kier alpha value is -2.08. The lowest BCUT2D eigenvalue weighted by Gasteiger charge is -2.22. The number of hydrogen-bond acceptors (Lipinski definition) is 3. The first-order chi connectivity index (χ1) is 11.0. The minimum absolute atomic E-state index is 0.0191. The quantitative estimate of drug-likeness (QED) is 0.633. The van der Waals surface area contributed by atoms with Crippen LogP contribution in [0.3, 0.4) is 0 Å². The number of nitrogens with zero attached hydrogens (tertiary/aromatic N) is 1. The van der Waals surface area contributed by atoms with Crippen molar-refractivity contribution >= 4 is 17.1 Å². The molecular weight excluding hydrogens is 292 g/mol. The van der Waals surface area contributed by atoms with Gasteiger partial charge in [-0.25, -0.2) is 9.78 Å². The summed E-state index contributed by atoms with van der Waals surface area (Å²) in [4.78, 5) is 20.1. The van der Waals surface area contributed by atoms with Crippen LogP contribution >= 0.6 is 0 Å². The van der Waals surface area contributed by atoms with E-state index in [1.54, 1.807) is 0 Å². The van der Waals surface area contributed by atoms with Crippen molar-refractivity contribution in [3.05, 3.63) is 30.1 Å². The largest absolute Gasteiger partial charge is 0.396 e. The lowest BCUT2D eigenvalue weighted by molar-refractivity contribution is 0.226. The highest BCUT2D eigenvalue weighted by molar-refractivity contribution is 5.76. The van der Waals surface area contributed by atoms with Crippen LogP contribution < -0.4 is 10.6 Å². The lowest BCUT2D eigenvalue weighted by Crippen LogP contribution is -2.43. The SMILES string of the molecule is CC(CCCO)NC(=O)NC(c1nc2ccccc2[nH]1)C(C)C. The number of rotatable bonds is 7. The van der Waals surface area contributed by atoms with E-state index in [-0.39, 0.29) is 30.6 Å². The van der Waals surface area contributed by atoms with Gasteiger partial charge >= 0.3 is 6.03 Å². The third kappa shape index (κ3) is 4.69. The number of amides is 2. The number of imidazole rings is 1. The van der Waals surface area contributed by atoms with Crippen LogP contribution in [0.4, 0.5) is 4.79 Å². The Balaban J connectivity index is 2.05. The average Bonchev–Trinajstić information content (AvgIpc) is 2.93. The summed E-state index contributed by atoms with van der Waals surface area (Å²) in [5.74, 6) is 0.966. The molecule has 1 aromatic heterocycles. The number of carbonyl (C=O) groups is 1. The molecule has 2 atom stereocenters. The van der Waals surface area contributed by atoms with Crippen LogP contribution in [0.25, 0.3) is 11.0 Å². The molecule has 2 amide bonds. The summed E-state index contributed by atoms with van der Waals surface area (Å²) in [6.45, 7) is 6.17. The molecule has 0 bridgehead atoms. The number of aliphatic hydroxyl groups excluding tert-OH is 1. The molecule has 2 rings (SSSR count). The molecule has 0 aliphatic heterocycles. The Labute approximate surface area is 136 Å². The fraction of sp³-hybridized carbons (Fsp3) is 0.529. The maximum absolute atomic E-state index is 12.2. The van der Waals surface area contributed by atoms with E-state index in [4.69, 9.17) is 5.11 Å². The summed E-state index contributed by atoms with van der Waals surface area (Å²) in [6, 6.07) is 7.44. The van der Waals surface area contributed by atoms with Gasteiger partial charge in [0.2, 0.25) is 0 Å². The minimum Gasteiger partial charge on any atom is -0.396 e. The monoisotopic (exact) mass is 318 g/mol. The Kier molecular flexibility index (Phi) is 5.98. The van der Waals surface area contributed by atoms with E-state index in [1.807, 2.05) is 45.0 Å². The maximum atomic E-state index is 12.2. The third-order valence-electron chi connectivity index (χ3n) is 3.83. The van der Waals surface area contributed by atoms with Gasteiger partial charge in [-0.1, -0.05) is 26.0 Å². The van der Waals surface area contributed by atoms with Gasteiger partial charge in [-0.2, -0.15) is 0 Å². The molecule has 0 aliphatic carbocycles. The van der Waals surface area contributed by atoms with E-state index in [1.165, 1.54) is 0 Å². The number of nitrogens with one attached hydrogen (secondary N) is 3. The fourth-order valence-corrected chi connectivity index (χ4v) is 2.55. The van der Waals surface area contributed by atoms with Gasteiger partial charge in [0.15, 0.2) is 0 Å². The standard InChI is InChI=1S/C17H26N4O2/c1-11(2)15(21-17(23)18-12(3)7-6-10-22)16-19-13-8-4-5-9-14(13)20-16/h4-5,8-9,11-12,15,22H,6-7,10H2,1-3H3,(H,19,20)(H2,18,21,23). The Morgan fingerprint density at radius 2 is 2.00 bits per heavy atom. The number of hydrogen-bond donors (Lipinski definition) is 4. The molecular formula is C17H26N4O2. The van der Waals surface area contributed by atoms with E-state index >= 15 is 0 Å². The molecule has 2 unspecified atom stereocenters. The zero-order valence-electron chi connectivity index (χ0n) is 14.0. The molecule has 0 fully saturated rings. The van der Waals surface area contributed by atoms with Crippen LogP contribution in [-0.4, -0.2) is 33.8 Å². The van der Waals surface area contributed by atoms with Crippen molar-refractivity contribution in [1.29, 1.82) is 0 Å². The normalized spacial score (nSPS) is 14.0. The Bertz CT molecular complexity index is 605. The van der Waals surface area contributed by atoms with Gasteiger partial charge in [0.25, 0.3) is 0 Å². The van der Waals surface area contributed by atoms with E-state index in [2.05, 4.69) is 20.6 Å². The van der Waals surface area contributed by atoms with Crippen molar-refractivity contribution in [2.75, 3.05) is 6.61 Å². The van der Waals surface area contributed by atoms with E-state index in [9.17, 15) is 4.79 Å². The highest BCUT2D eigenvalue weighted by Crippen LogP contribution is 2.22. The van der Waals surface area contributed by atoms with Crippen molar-refractivity contribution < 1.29 is 9.90 Å². The van der Waals surface area contributed by atoms with Gasteiger partial charge in [0.05, 0.1) is 17.1 Å². The zero-order valence-corrected chi connectivity index (χ0v) is 14.0. The van der Waals surface area contributed by atoms with Gasteiger partial charge in [0, 0.05) is 12.6 Å². The topological polar surface area (TPSA) is 90.0 Å². The number of para-hydroxylation sites is 2. The summed E-state index contributed by atoms with van der Waals surface area (Å²) in [6.07, 6.45) is 1.43. The smallest absolute Gasteiger partial charge is 0.315 e. The summed E-state index contributed by atoms with van der Waals surface area (Å²) in [7, 11) is 0. The Morgan fingerprint density at radius 3 is 2.65 bits per heavy atom. The first-order valence-electron chi connectivity index (χ1n) is 8.13. The van der Waals surface area contributed by atoms with Gasteiger partial charge in [0.1, 0.15) is 5.82 Å². The van der Waals surface area contributed by atoms with Crippen LogP contribution in [0.1, 0.15) is 45.5 Å². The molecule has 0 spiro atoms. The first-order valence-corrected chi connectivity index (χ1v) is 8.13. The molecule has 4 N–H and O–H groups in total. The maximum Gasteiger partial charge on any atom is 0.315 e. The molecule has 126 valence electrons. The number of fused-ring (bicyclic) bond motifs is 1. The molecule has 0 saturated heterocycles. The van der Waals surface area contributed by atoms with Crippen LogP contribution in [0.5, 0.6) is 0 Å². The van der Waals surface area contributed by atoms with E-state index in [0.717, 1.165) is 23.3 Å². The second kappa shape index (κ2) is 7.97. The molecule has 6 nitrogen and oxygen atoms in total. The van der Waals surface area contributed by atoms with Crippen molar-refractivity contribution in [2.24, 2.45) is 5.92 Å². The number of aromatic nitrogens is 2. The molecule has 1 aromatic carbocycles. The minimum atomic E-state index is -0.213. The number of H-pyrrole nitrogens is 1. The van der Waals surface area contributed by atoms with Crippen molar-refractivity contribution in [1.82, 2.24) is 20.6 Å². The Morgan fingerprint density at radius 1 is 1.26 bits per heavy atom. The summed E-state index contributed by atoms with van der Waals surface area (Å²) in [5.41, 5.74) is 1.86. The molecule has 0 radical (unpaired) electrons. The number of urea groups is 1. The molecule has 23 heavy (non-hydrogen) atoms. The summed E-state index contributed by atoms with van der Waals surface area (Å²) < 4.78 is 0. The number of benzene rings is 1. The lowest BCUT2D eigenvalue weighted by atomic mass is 10.0. The third-order valence-corrected chi connectivity index (χ3v) is 3.83. The number of aromatic amines is 1. The van der Waals surface area contributed by atoms with Gasteiger partial charge in [-0.3, -0.25) is 0 Å². The van der Waals surface area contributed by atoms with Gasteiger partial charge in [-0.05, 0) is 37.8 Å². The van der Waals surface area contributed by atoms with Crippen LogP contribution in [0.2, 0.25) is 0 Å². The van der Waals surface area contributed by atoms with Gasteiger partial charge < -0.3 is 20.7 Å². The second-order valence-corrected chi connectivity index (χ2v) is 6.25. The van der Waals surface area contributed by atoms with Crippen LogP contribution in [0, 0.1) is 5.92 Å². The highest BCUT2D eigenvalue weighted by Gasteiger charge is 2.22. The van der Waals surface area contributed by atoms with Crippen LogP contribution in [-0.2, 0) is 0 Å². The molecule has 2 aromatic rings. The first kappa shape index (κ1) is 17.3. The molecule has 0 aliphatic rings. The van der Waals surface area contributed by atoms with Crippen molar-refractivity contribution in [3.8, 4) is 0 Å². The molecule has 0 saturated carbocycles. The number of aliphatic hydroxyl groups is 1. The van der Waals surface area contributed by atoms with Gasteiger partial charge in [-0.15, -0.1) is 0 Å². The highest BCUT2D eigenvalue weighted by atomic mass is 16.3. The fourth-order valence-electron chi connectivity index (χ4n) is 2.55. The van der Waals surface area contributed by atoms with E-state index < -0.39 is 0 Å². The zero-order chi connectivity index (χ0) is 16.8. The van der Waals surface area contributed by atoms with Crippen LogP contribution in [0.15, 0.2) is 24.3 Å². The summed E-state index contributed by atoms with van der Waals surface area (Å²) >= 11 is 0. The number of carbonyl (C=O) groups excluding carboxylic acids is 1. The molecule has 1 heterocycles. The predicted octanol–water partition coefficient (Wildman–Crippen LogP) is 2.72. The van der Waals surface area contributed by atoms with Crippen molar-refractivity contribution in [2.45, 2.75) is 45.7 Å².